The molecule has 0 saturated heterocycles. The lowest BCUT2D eigenvalue weighted by Crippen LogP contribution is -2.27. The molecule has 0 saturated carbocycles. The van der Waals surface area contributed by atoms with Crippen LogP contribution in [0.2, 0.25) is 0 Å². The first-order chi connectivity index (χ1) is 8.19. The van der Waals surface area contributed by atoms with E-state index in [1.165, 1.54) is 0 Å². The van der Waals surface area contributed by atoms with Gasteiger partial charge in [0, 0.05) is 10.5 Å². The predicted octanol–water partition coefficient (Wildman–Crippen LogP) is 3.48. The average Bonchev–Trinajstić information content (AvgIpc) is 2.19. The minimum Gasteiger partial charge on any atom is -0.366 e. The molecule has 1 N–H and O–H groups in total. The quantitative estimate of drug-likeness (QED) is 0.925. The van der Waals surface area contributed by atoms with E-state index in [1.54, 1.807) is 20.8 Å². The number of carbonyl (C=O) groups excluding carboxylic acids is 1. The third-order valence-corrected chi connectivity index (χ3v) is 2.53. The number of carbonyl (C=O) groups is 1. The molecule has 6 heteroatoms. The molecule has 100 valence electrons. The van der Waals surface area contributed by atoms with Gasteiger partial charge >= 0.3 is 0 Å². The van der Waals surface area contributed by atoms with Gasteiger partial charge in [-0.3, -0.25) is 4.79 Å². The van der Waals surface area contributed by atoms with Crippen molar-refractivity contribution in [3.63, 3.8) is 0 Å². The lowest BCUT2D eigenvalue weighted by Gasteiger charge is -2.19. The van der Waals surface area contributed by atoms with Crippen molar-refractivity contribution in [2.75, 3.05) is 11.9 Å². The fraction of sp³-hybridized carbons (Fsp3) is 0.417. The van der Waals surface area contributed by atoms with Crippen molar-refractivity contribution in [2.24, 2.45) is 0 Å². The Balaban J connectivity index is 2.71. The van der Waals surface area contributed by atoms with Crippen LogP contribution in [-0.4, -0.2) is 18.1 Å². The van der Waals surface area contributed by atoms with Gasteiger partial charge in [0.15, 0.2) is 5.82 Å². The van der Waals surface area contributed by atoms with E-state index in [2.05, 4.69) is 21.2 Å². The Labute approximate surface area is 113 Å². The standard InChI is InChI=1S/C12H14BrF2NO2/c1-12(2,3)18-6-10(17)16-11-8(13)4-7(14)5-9(11)15/h4-5H,6H2,1-3H3,(H,16,17). The van der Waals surface area contributed by atoms with Crippen LogP contribution >= 0.6 is 15.9 Å². The van der Waals surface area contributed by atoms with E-state index in [4.69, 9.17) is 4.74 Å². The maximum absolute atomic E-state index is 13.4. The van der Waals surface area contributed by atoms with Crippen LogP contribution in [0, 0.1) is 11.6 Å². The molecule has 18 heavy (non-hydrogen) atoms. The van der Waals surface area contributed by atoms with Crippen molar-refractivity contribution < 1.29 is 18.3 Å². The molecule has 1 aromatic carbocycles. The van der Waals surface area contributed by atoms with E-state index in [-0.39, 0.29) is 16.8 Å². The first kappa shape index (κ1) is 15.0. The number of benzene rings is 1. The van der Waals surface area contributed by atoms with Crippen LogP contribution in [0.15, 0.2) is 16.6 Å². The van der Waals surface area contributed by atoms with Crippen LogP contribution in [0.4, 0.5) is 14.5 Å². The van der Waals surface area contributed by atoms with Crippen molar-refractivity contribution in [1.82, 2.24) is 0 Å². The molecule has 0 radical (unpaired) electrons. The highest BCUT2D eigenvalue weighted by Gasteiger charge is 2.16. The number of ether oxygens (including phenoxy) is 1. The van der Waals surface area contributed by atoms with Crippen molar-refractivity contribution in [3.05, 3.63) is 28.2 Å². The summed E-state index contributed by atoms with van der Waals surface area (Å²) < 4.78 is 31.6. The molecular weight excluding hydrogens is 308 g/mol. The molecule has 3 nitrogen and oxygen atoms in total. The minimum atomic E-state index is -0.842. The summed E-state index contributed by atoms with van der Waals surface area (Å²) in [5.74, 6) is -2.06. The molecular formula is C12H14BrF2NO2. The molecule has 0 spiro atoms. The van der Waals surface area contributed by atoms with Crippen molar-refractivity contribution in [1.29, 1.82) is 0 Å². The lowest BCUT2D eigenvalue weighted by atomic mass is 10.2. The van der Waals surface area contributed by atoms with Crippen LogP contribution < -0.4 is 5.32 Å². The average molecular weight is 322 g/mol. The van der Waals surface area contributed by atoms with Crippen LogP contribution in [0.3, 0.4) is 0 Å². The number of halogens is 3. The Kier molecular flexibility index (Phi) is 4.81. The zero-order valence-corrected chi connectivity index (χ0v) is 11.9. The van der Waals surface area contributed by atoms with Gasteiger partial charge < -0.3 is 10.1 Å². The molecule has 0 heterocycles. The first-order valence-corrected chi connectivity index (χ1v) is 6.07. The number of anilines is 1. The Bertz CT molecular complexity index is 435. The summed E-state index contributed by atoms with van der Waals surface area (Å²) in [4.78, 5) is 11.5. The molecule has 0 bridgehead atoms. The third kappa shape index (κ3) is 4.70. The highest BCUT2D eigenvalue weighted by Crippen LogP contribution is 2.26. The van der Waals surface area contributed by atoms with Gasteiger partial charge in [0.05, 0.1) is 11.3 Å². The Morgan fingerprint density at radius 3 is 2.50 bits per heavy atom. The maximum Gasteiger partial charge on any atom is 0.250 e. The Morgan fingerprint density at radius 2 is 2.00 bits per heavy atom. The zero-order valence-electron chi connectivity index (χ0n) is 10.3. The molecule has 0 aromatic heterocycles. The highest BCUT2D eigenvalue weighted by atomic mass is 79.9. The van der Waals surface area contributed by atoms with Crippen molar-refractivity contribution in [2.45, 2.75) is 26.4 Å². The van der Waals surface area contributed by atoms with E-state index in [9.17, 15) is 13.6 Å². The SMILES string of the molecule is CC(C)(C)OCC(=O)Nc1c(F)cc(F)cc1Br. The highest BCUT2D eigenvalue weighted by molar-refractivity contribution is 9.10. The van der Waals surface area contributed by atoms with E-state index >= 15 is 0 Å². The van der Waals surface area contributed by atoms with E-state index in [0.717, 1.165) is 6.07 Å². The number of rotatable bonds is 3. The molecule has 0 fully saturated rings. The van der Waals surface area contributed by atoms with Crippen molar-refractivity contribution in [3.8, 4) is 0 Å². The summed E-state index contributed by atoms with van der Waals surface area (Å²) in [6.07, 6.45) is 0. The molecule has 0 unspecified atom stereocenters. The normalized spacial score (nSPS) is 11.4. The summed E-state index contributed by atoms with van der Waals surface area (Å²) in [6.45, 7) is 5.20. The van der Waals surface area contributed by atoms with Gasteiger partial charge in [-0.25, -0.2) is 8.78 Å². The molecule has 1 rings (SSSR count). The van der Waals surface area contributed by atoms with Crippen LogP contribution in [0.25, 0.3) is 0 Å². The van der Waals surface area contributed by atoms with E-state index in [0.29, 0.717) is 6.07 Å². The van der Waals surface area contributed by atoms with E-state index in [1.807, 2.05) is 0 Å². The predicted molar refractivity (Wildman–Crippen MR) is 68.4 cm³/mol. The second-order valence-electron chi connectivity index (χ2n) is 4.69. The molecule has 0 aliphatic carbocycles. The van der Waals surface area contributed by atoms with Gasteiger partial charge in [-0.2, -0.15) is 0 Å². The number of amides is 1. The maximum atomic E-state index is 13.4. The van der Waals surface area contributed by atoms with Crippen LogP contribution in [0.5, 0.6) is 0 Å². The summed E-state index contributed by atoms with van der Waals surface area (Å²) in [7, 11) is 0. The monoisotopic (exact) mass is 321 g/mol. The fourth-order valence-electron chi connectivity index (χ4n) is 1.12. The van der Waals surface area contributed by atoms with Gasteiger partial charge in [-0.05, 0) is 42.8 Å². The summed E-state index contributed by atoms with van der Waals surface area (Å²) in [5, 5.41) is 2.33. The minimum absolute atomic E-state index is 0.0982. The number of nitrogens with one attached hydrogen (secondary N) is 1. The molecule has 1 aromatic rings. The lowest BCUT2D eigenvalue weighted by molar-refractivity contribution is -0.125. The topological polar surface area (TPSA) is 38.3 Å². The summed E-state index contributed by atoms with van der Waals surface area (Å²) >= 11 is 2.98. The second-order valence-corrected chi connectivity index (χ2v) is 5.55. The fourth-order valence-corrected chi connectivity index (χ4v) is 1.63. The Morgan fingerprint density at radius 1 is 1.39 bits per heavy atom. The zero-order chi connectivity index (χ0) is 13.9. The molecule has 0 aliphatic heterocycles. The van der Waals surface area contributed by atoms with Gasteiger partial charge in [0.2, 0.25) is 0 Å². The van der Waals surface area contributed by atoms with Gasteiger partial charge in [0.1, 0.15) is 12.4 Å². The van der Waals surface area contributed by atoms with E-state index < -0.39 is 23.1 Å². The second kappa shape index (κ2) is 5.75. The third-order valence-electron chi connectivity index (χ3n) is 1.91. The molecule has 0 aliphatic rings. The van der Waals surface area contributed by atoms with Gasteiger partial charge in [-0.15, -0.1) is 0 Å². The largest absolute Gasteiger partial charge is 0.366 e. The van der Waals surface area contributed by atoms with Gasteiger partial charge in [0.25, 0.3) is 5.91 Å². The van der Waals surface area contributed by atoms with Gasteiger partial charge in [-0.1, -0.05) is 0 Å². The Hall–Kier alpha value is -1.01. The molecule has 0 atom stereocenters. The van der Waals surface area contributed by atoms with Crippen LogP contribution in [-0.2, 0) is 9.53 Å². The first-order valence-electron chi connectivity index (χ1n) is 5.27. The number of hydrogen-bond acceptors (Lipinski definition) is 2. The van der Waals surface area contributed by atoms with Crippen molar-refractivity contribution >= 4 is 27.5 Å². The van der Waals surface area contributed by atoms with Crippen LogP contribution in [0.1, 0.15) is 20.8 Å². The summed E-state index contributed by atoms with van der Waals surface area (Å²) in [6, 6.07) is 1.77. The molecule has 1 amide bonds. The smallest absolute Gasteiger partial charge is 0.250 e. The summed E-state index contributed by atoms with van der Waals surface area (Å²) in [5.41, 5.74) is -0.561. The number of hydrogen-bond donors (Lipinski definition) is 1.